The van der Waals surface area contributed by atoms with Gasteiger partial charge in [-0.2, -0.15) is 5.26 Å². The number of hydrogen-bond acceptors (Lipinski definition) is 7. The van der Waals surface area contributed by atoms with Crippen molar-refractivity contribution in [2.75, 3.05) is 19.3 Å². The van der Waals surface area contributed by atoms with Crippen LogP contribution in [0.25, 0.3) is 21.0 Å². The molecule has 4 rings (SSSR count). The van der Waals surface area contributed by atoms with Crippen molar-refractivity contribution in [2.24, 2.45) is 0 Å². The van der Waals surface area contributed by atoms with Crippen LogP contribution in [0.2, 0.25) is 0 Å². The van der Waals surface area contributed by atoms with Crippen molar-refractivity contribution in [1.82, 2.24) is 15.0 Å². The van der Waals surface area contributed by atoms with Crippen LogP contribution in [-0.4, -0.2) is 35.0 Å². The van der Waals surface area contributed by atoms with Crippen LogP contribution < -0.4 is 14.8 Å². The first-order valence-electron chi connectivity index (χ1n) is 11.1. The summed E-state index contributed by atoms with van der Waals surface area (Å²) in [6, 6.07) is 14.6. The van der Waals surface area contributed by atoms with Crippen molar-refractivity contribution in [2.45, 2.75) is 38.8 Å². The van der Waals surface area contributed by atoms with Gasteiger partial charge in [0, 0.05) is 42.8 Å². The lowest BCUT2D eigenvalue weighted by Crippen LogP contribution is -2.31. The minimum Gasteiger partial charge on any atom is -0.598 e. The van der Waals surface area contributed by atoms with Gasteiger partial charge in [-0.1, -0.05) is 18.2 Å². The molecule has 0 saturated carbocycles. The summed E-state index contributed by atoms with van der Waals surface area (Å²) in [6.07, 6.45) is 3.98. The lowest BCUT2D eigenvalue weighted by Gasteiger charge is -2.15. The highest BCUT2D eigenvalue weighted by Crippen LogP contribution is 2.41. The molecular weight excluding hydrogens is 452 g/mol. The lowest BCUT2D eigenvalue weighted by atomic mass is 10.0. The molecule has 3 aromatic rings. The molecule has 1 aliphatic carbocycles. The van der Waals surface area contributed by atoms with E-state index in [2.05, 4.69) is 39.3 Å². The minimum absolute atomic E-state index is 0.0124. The molecule has 0 spiro atoms. The molecule has 1 aliphatic rings. The second kappa shape index (κ2) is 10.7. The molecule has 0 fully saturated rings. The van der Waals surface area contributed by atoms with Gasteiger partial charge in [0.25, 0.3) is 0 Å². The van der Waals surface area contributed by atoms with Crippen LogP contribution in [0.5, 0.6) is 5.75 Å². The van der Waals surface area contributed by atoms with Crippen molar-refractivity contribution in [1.29, 1.82) is 5.26 Å². The van der Waals surface area contributed by atoms with Gasteiger partial charge in [0.15, 0.2) is 0 Å². The second-order valence-electron chi connectivity index (χ2n) is 8.19. The smallest absolute Gasteiger partial charge is 0.137 e. The molecular formula is C25H28N4O2S2. The molecule has 0 bridgehead atoms. The fourth-order valence-electron chi connectivity index (χ4n) is 4.16. The van der Waals surface area contributed by atoms with Gasteiger partial charge in [0.2, 0.25) is 0 Å². The third-order valence-corrected chi connectivity index (χ3v) is 7.77. The number of nitrogens with one attached hydrogen (secondary N) is 2. The van der Waals surface area contributed by atoms with Crippen LogP contribution >= 0.6 is 11.3 Å². The number of fused-ring (bicyclic) bond motifs is 1. The van der Waals surface area contributed by atoms with Gasteiger partial charge in [0.1, 0.15) is 22.6 Å². The summed E-state index contributed by atoms with van der Waals surface area (Å²) < 4.78 is 20.1. The van der Waals surface area contributed by atoms with Crippen molar-refractivity contribution >= 4 is 22.7 Å². The van der Waals surface area contributed by atoms with Crippen LogP contribution in [0.15, 0.2) is 42.6 Å². The van der Waals surface area contributed by atoms with E-state index in [1.165, 1.54) is 16.7 Å². The maximum atomic E-state index is 11.6. The molecule has 2 unspecified atom stereocenters. The topological polar surface area (TPSA) is 93.0 Å². The first-order chi connectivity index (χ1) is 16.0. The summed E-state index contributed by atoms with van der Waals surface area (Å²) in [5.74, 6) is 1.19. The van der Waals surface area contributed by atoms with Crippen LogP contribution in [0.3, 0.4) is 0 Å². The van der Waals surface area contributed by atoms with E-state index >= 15 is 0 Å². The maximum Gasteiger partial charge on any atom is 0.137 e. The number of aromatic nitrogens is 1. The van der Waals surface area contributed by atoms with Gasteiger partial charge < -0.3 is 14.6 Å². The zero-order valence-electron chi connectivity index (χ0n) is 19.1. The summed E-state index contributed by atoms with van der Waals surface area (Å²) in [6.45, 7) is 4.61. The Kier molecular flexibility index (Phi) is 7.68. The molecule has 2 N–H and O–H groups in total. The Labute approximate surface area is 202 Å². The van der Waals surface area contributed by atoms with E-state index in [0.29, 0.717) is 23.6 Å². The monoisotopic (exact) mass is 480 g/mol. The summed E-state index contributed by atoms with van der Waals surface area (Å²) in [5.41, 5.74) is 5.34. The first kappa shape index (κ1) is 23.7. The number of nitriles is 1. The number of thiazole rings is 1. The Morgan fingerprint density at radius 1 is 1.33 bits per heavy atom. The Morgan fingerprint density at radius 3 is 2.94 bits per heavy atom. The molecule has 1 heterocycles. The summed E-state index contributed by atoms with van der Waals surface area (Å²) in [5, 5.41) is 14.0. The highest BCUT2D eigenvalue weighted by Gasteiger charge is 2.25. The summed E-state index contributed by atoms with van der Waals surface area (Å²) in [7, 11) is 1.71. The maximum absolute atomic E-state index is 11.6. The minimum atomic E-state index is -0.989. The predicted octanol–water partition coefficient (Wildman–Crippen LogP) is 4.60. The first-order valence-corrected chi connectivity index (χ1v) is 13.2. The van der Waals surface area contributed by atoms with E-state index in [1.807, 2.05) is 38.2 Å². The van der Waals surface area contributed by atoms with Gasteiger partial charge in [-0.05, 0) is 61.6 Å². The molecule has 2 atom stereocenters. The normalized spacial score (nSPS) is 15.9. The molecule has 0 aliphatic heterocycles. The van der Waals surface area contributed by atoms with Gasteiger partial charge in [-0.3, -0.25) is 0 Å². The zero-order valence-corrected chi connectivity index (χ0v) is 20.7. The Morgan fingerprint density at radius 2 is 2.18 bits per heavy atom. The average molecular weight is 481 g/mol. The fourth-order valence-corrected chi connectivity index (χ4v) is 5.64. The number of nitrogens with zero attached hydrogens (tertiary/aromatic N) is 2. The van der Waals surface area contributed by atoms with Crippen LogP contribution in [0.4, 0.5) is 0 Å². The van der Waals surface area contributed by atoms with Gasteiger partial charge >= 0.3 is 0 Å². The van der Waals surface area contributed by atoms with E-state index < -0.39 is 11.4 Å². The van der Waals surface area contributed by atoms with E-state index in [1.54, 1.807) is 18.4 Å². The lowest BCUT2D eigenvalue weighted by molar-refractivity contribution is 0.242. The van der Waals surface area contributed by atoms with E-state index in [0.717, 1.165) is 28.3 Å². The molecule has 6 nitrogen and oxygen atoms in total. The highest BCUT2D eigenvalue weighted by atomic mass is 32.2. The largest absolute Gasteiger partial charge is 0.598 e. The average Bonchev–Trinajstić information content (AvgIpc) is 3.46. The highest BCUT2D eigenvalue weighted by molar-refractivity contribution is 7.89. The molecule has 0 amide bonds. The third-order valence-electron chi connectivity index (χ3n) is 5.66. The number of benzene rings is 2. The Hall–Kier alpha value is -2.41. The molecule has 0 saturated heterocycles. The molecule has 172 valence electrons. The third kappa shape index (κ3) is 5.40. The van der Waals surface area contributed by atoms with E-state index in [-0.39, 0.29) is 12.1 Å². The predicted molar refractivity (Wildman–Crippen MR) is 135 cm³/mol. The van der Waals surface area contributed by atoms with Crippen LogP contribution in [0, 0.1) is 11.3 Å². The molecule has 33 heavy (non-hydrogen) atoms. The quantitative estimate of drug-likeness (QED) is 0.435. The number of ether oxygens (including phenoxy) is 1. The Balaban J connectivity index is 1.55. The zero-order chi connectivity index (χ0) is 23.4. The van der Waals surface area contributed by atoms with Crippen molar-refractivity contribution in [3.8, 4) is 32.8 Å². The Bertz CT molecular complexity index is 1160. The van der Waals surface area contributed by atoms with Gasteiger partial charge in [-0.25, -0.2) is 4.98 Å². The SMILES string of the molecule is CN[S+]([O-])CCNC1CCc2c(-c3cnc(-c4ccc(OC(C)C)c(C#N)c4)s3)cccc21. The fraction of sp³-hybridized carbons (Fsp3) is 0.360. The molecule has 8 heteroatoms. The summed E-state index contributed by atoms with van der Waals surface area (Å²) in [4.78, 5) is 5.79. The molecule has 1 aromatic heterocycles. The molecule has 0 radical (unpaired) electrons. The van der Waals surface area contributed by atoms with E-state index in [4.69, 9.17) is 4.74 Å². The number of rotatable bonds is 9. The van der Waals surface area contributed by atoms with Crippen molar-refractivity contribution in [3.05, 3.63) is 59.3 Å². The van der Waals surface area contributed by atoms with Crippen LogP contribution in [-0.2, 0) is 17.8 Å². The van der Waals surface area contributed by atoms with Crippen molar-refractivity contribution in [3.63, 3.8) is 0 Å². The van der Waals surface area contributed by atoms with Gasteiger partial charge in [-0.15, -0.1) is 16.1 Å². The van der Waals surface area contributed by atoms with Crippen molar-refractivity contribution < 1.29 is 9.29 Å². The van der Waals surface area contributed by atoms with E-state index in [9.17, 15) is 9.81 Å². The van der Waals surface area contributed by atoms with Crippen LogP contribution in [0.1, 0.15) is 43.0 Å². The van der Waals surface area contributed by atoms with Gasteiger partial charge in [0.05, 0.1) is 16.5 Å². The second-order valence-corrected chi connectivity index (χ2v) is 10.7. The standard InChI is InChI=1S/C25H28N4O2S2/c1-16(2)31-23-10-7-17(13-18(23)14-26)25-29-15-24(32-25)21-6-4-5-20-19(21)8-9-22(20)28-11-12-33(30)27-3/h4-7,10,13,15-16,22,27-28H,8-9,11-12H2,1-3H3. The number of hydrogen-bond donors (Lipinski definition) is 2. The summed E-state index contributed by atoms with van der Waals surface area (Å²) >= 11 is 0.651. The molecule has 2 aromatic carbocycles.